The molecule has 0 radical (unpaired) electrons. The van der Waals surface area contributed by atoms with Crippen LogP contribution in [0.4, 0.5) is 5.95 Å². The monoisotopic (exact) mass is 266 g/mol. The standard InChI is InChI=1S/C13H22N4O2/c1-18-10-7-11(19-2)17-12(16-10)15-9-13(8-14)5-3-4-6-13/h7H,3-6,8-9,14H2,1-2H3,(H,15,16,17). The van der Waals surface area contributed by atoms with Gasteiger partial charge in [0.1, 0.15) is 0 Å². The number of hydrogen-bond acceptors (Lipinski definition) is 6. The smallest absolute Gasteiger partial charge is 0.229 e. The van der Waals surface area contributed by atoms with Gasteiger partial charge in [0.05, 0.1) is 20.3 Å². The number of rotatable bonds is 6. The van der Waals surface area contributed by atoms with Crippen LogP contribution in [0.1, 0.15) is 25.7 Å². The summed E-state index contributed by atoms with van der Waals surface area (Å²) in [6.07, 6.45) is 4.83. The number of ether oxygens (including phenoxy) is 2. The molecule has 0 bridgehead atoms. The first-order valence-corrected chi connectivity index (χ1v) is 6.62. The fraction of sp³-hybridized carbons (Fsp3) is 0.692. The minimum atomic E-state index is 0.180. The van der Waals surface area contributed by atoms with E-state index in [0.29, 0.717) is 24.3 Å². The lowest BCUT2D eigenvalue weighted by atomic mass is 9.86. The predicted molar refractivity (Wildman–Crippen MR) is 73.6 cm³/mol. The third kappa shape index (κ3) is 3.26. The molecule has 1 aromatic heterocycles. The van der Waals surface area contributed by atoms with Gasteiger partial charge in [-0.1, -0.05) is 12.8 Å². The van der Waals surface area contributed by atoms with Crippen molar-refractivity contribution in [2.45, 2.75) is 25.7 Å². The van der Waals surface area contributed by atoms with E-state index in [1.54, 1.807) is 20.3 Å². The summed E-state index contributed by atoms with van der Waals surface area (Å²) in [5.74, 6) is 1.50. The Labute approximate surface area is 113 Å². The molecule has 6 heteroatoms. The van der Waals surface area contributed by atoms with Crippen molar-refractivity contribution in [3.8, 4) is 11.8 Å². The molecule has 6 nitrogen and oxygen atoms in total. The van der Waals surface area contributed by atoms with Crippen molar-refractivity contribution in [1.29, 1.82) is 0 Å². The Morgan fingerprint density at radius 1 is 1.21 bits per heavy atom. The topological polar surface area (TPSA) is 82.3 Å². The van der Waals surface area contributed by atoms with Gasteiger partial charge >= 0.3 is 0 Å². The largest absolute Gasteiger partial charge is 0.481 e. The summed E-state index contributed by atoms with van der Waals surface area (Å²) in [7, 11) is 3.15. The van der Waals surface area contributed by atoms with Gasteiger partial charge in [0.25, 0.3) is 0 Å². The lowest BCUT2D eigenvalue weighted by molar-refractivity contribution is 0.330. The Morgan fingerprint density at radius 3 is 2.26 bits per heavy atom. The molecular weight excluding hydrogens is 244 g/mol. The van der Waals surface area contributed by atoms with Crippen LogP contribution in [-0.2, 0) is 0 Å². The van der Waals surface area contributed by atoms with Crippen LogP contribution < -0.4 is 20.5 Å². The van der Waals surface area contributed by atoms with Gasteiger partial charge in [-0.3, -0.25) is 0 Å². The second kappa shape index (κ2) is 6.06. The van der Waals surface area contributed by atoms with Crippen LogP contribution in [0, 0.1) is 5.41 Å². The molecule has 2 rings (SSSR count). The van der Waals surface area contributed by atoms with E-state index >= 15 is 0 Å². The molecule has 0 amide bonds. The average Bonchev–Trinajstić information content (AvgIpc) is 2.94. The van der Waals surface area contributed by atoms with Crippen molar-refractivity contribution < 1.29 is 9.47 Å². The van der Waals surface area contributed by atoms with Gasteiger partial charge in [-0.05, 0) is 24.8 Å². The number of anilines is 1. The molecule has 1 fully saturated rings. The van der Waals surface area contributed by atoms with E-state index in [-0.39, 0.29) is 5.41 Å². The zero-order valence-corrected chi connectivity index (χ0v) is 11.6. The number of nitrogens with two attached hydrogens (primary N) is 1. The van der Waals surface area contributed by atoms with Crippen LogP contribution in [0.15, 0.2) is 6.07 Å². The van der Waals surface area contributed by atoms with E-state index in [1.165, 1.54) is 12.8 Å². The summed E-state index contributed by atoms with van der Waals surface area (Å²) >= 11 is 0. The van der Waals surface area contributed by atoms with E-state index in [0.717, 1.165) is 19.4 Å². The van der Waals surface area contributed by atoms with Gasteiger partial charge in [0.2, 0.25) is 17.7 Å². The Bertz CT molecular complexity index is 397. The first-order chi connectivity index (χ1) is 9.21. The lowest BCUT2D eigenvalue weighted by Crippen LogP contribution is -2.35. The fourth-order valence-corrected chi connectivity index (χ4v) is 2.54. The Kier molecular flexibility index (Phi) is 4.42. The van der Waals surface area contributed by atoms with Gasteiger partial charge in [0.15, 0.2) is 0 Å². The normalized spacial score (nSPS) is 17.2. The van der Waals surface area contributed by atoms with E-state index in [2.05, 4.69) is 15.3 Å². The maximum atomic E-state index is 5.91. The summed E-state index contributed by atoms with van der Waals surface area (Å²) in [6, 6.07) is 1.65. The summed E-state index contributed by atoms with van der Waals surface area (Å²) in [5, 5.41) is 3.27. The number of aromatic nitrogens is 2. The molecule has 0 spiro atoms. The number of methoxy groups -OCH3 is 2. The summed E-state index contributed by atoms with van der Waals surface area (Å²) < 4.78 is 10.2. The Morgan fingerprint density at radius 2 is 1.79 bits per heavy atom. The lowest BCUT2D eigenvalue weighted by Gasteiger charge is -2.27. The van der Waals surface area contributed by atoms with Gasteiger partial charge in [0, 0.05) is 6.54 Å². The van der Waals surface area contributed by atoms with Crippen LogP contribution in [0.3, 0.4) is 0 Å². The predicted octanol–water partition coefficient (Wildman–Crippen LogP) is 1.42. The molecule has 0 atom stereocenters. The summed E-state index contributed by atoms with van der Waals surface area (Å²) in [4.78, 5) is 8.52. The van der Waals surface area contributed by atoms with E-state index in [9.17, 15) is 0 Å². The summed E-state index contributed by atoms with van der Waals surface area (Å²) in [5.41, 5.74) is 6.10. The molecule has 1 aliphatic carbocycles. The summed E-state index contributed by atoms with van der Waals surface area (Å²) in [6.45, 7) is 1.49. The molecule has 106 valence electrons. The van der Waals surface area contributed by atoms with Crippen LogP contribution in [0.2, 0.25) is 0 Å². The first kappa shape index (κ1) is 13.9. The third-order valence-electron chi connectivity index (χ3n) is 3.82. The molecule has 1 aliphatic rings. The fourth-order valence-electron chi connectivity index (χ4n) is 2.54. The molecule has 0 unspecified atom stereocenters. The van der Waals surface area contributed by atoms with E-state index in [4.69, 9.17) is 15.2 Å². The Hall–Kier alpha value is -1.56. The molecule has 3 N–H and O–H groups in total. The van der Waals surface area contributed by atoms with E-state index in [1.807, 2.05) is 0 Å². The van der Waals surface area contributed by atoms with Crippen molar-refractivity contribution in [2.75, 3.05) is 32.6 Å². The van der Waals surface area contributed by atoms with Gasteiger partial charge < -0.3 is 20.5 Å². The number of nitrogens with zero attached hydrogens (tertiary/aromatic N) is 2. The third-order valence-corrected chi connectivity index (χ3v) is 3.82. The van der Waals surface area contributed by atoms with Crippen molar-refractivity contribution in [1.82, 2.24) is 9.97 Å². The SMILES string of the molecule is COc1cc(OC)nc(NCC2(CN)CCCC2)n1. The molecule has 0 aliphatic heterocycles. The van der Waals surface area contributed by atoms with Crippen LogP contribution in [0.25, 0.3) is 0 Å². The molecule has 1 saturated carbocycles. The zero-order chi connectivity index (χ0) is 13.7. The van der Waals surface area contributed by atoms with E-state index < -0.39 is 0 Å². The maximum absolute atomic E-state index is 5.91. The molecule has 0 aromatic carbocycles. The highest BCUT2D eigenvalue weighted by molar-refractivity contribution is 5.34. The molecule has 1 aromatic rings. The van der Waals surface area contributed by atoms with Crippen molar-refractivity contribution >= 4 is 5.95 Å². The highest BCUT2D eigenvalue weighted by Crippen LogP contribution is 2.37. The molecule has 19 heavy (non-hydrogen) atoms. The minimum absolute atomic E-state index is 0.180. The highest BCUT2D eigenvalue weighted by Gasteiger charge is 2.32. The van der Waals surface area contributed by atoms with Crippen LogP contribution in [-0.4, -0.2) is 37.3 Å². The number of nitrogens with one attached hydrogen (secondary N) is 1. The maximum Gasteiger partial charge on any atom is 0.229 e. The van der Waals surface area contributed by atoms with Gasteiger partial charge in [-0.25, -0.2) is 0 Å². The van der Waals surface area contributed by atoms with Gasteiger partial charge in [-0.15, -0.1) is 0 Å². The first-order valence-electron chi connectivity index (χ1n) is 6.62. The van der Waals surface area contributed by atoms with Gasteiger partial charge in [-0.2, -0.15) is 9.97 Å². The minimum Gasteiger partial charge on any atom is -0.481 e. The highest BCUT2D eigenvalue weighted by atomic mass is 16.5. The molecule has 1 heterocycles. The second-order valence-corrected chi connectivity index (χ2v) is 5.04. The Balaban J connectivity index is 2.06. The molecular formula is C13H22N4O2. The van der Waals surface area contributed by atoms with Crippen molar-refractivity contribution in [2.24, 2.45) is 11.1 Å². The number of hydrogen-bond donors (Lipinski definition) is 2. The van der Waals surface area contributed by atoms with Crippen molar-refractivity contribution in [3.05, 3.63) is 6.07 Å². The average molecular weight is 266 g/mol. The molecule has 0 saturated heterocycles. The zero-order valence-electron chi connectivity index (χ0n) is 11.6. The van der Waals surface area contributed by atoms with Crippen LogP contribution in [0.5, 0.6) is 11.8 Å². The van der Waals surface area contributed by atoms with Crippen LogP contribution >= 0.6 is 0 Å². The second-order valence-electron chi connectivity index (χ2n) is 5.04. The van der Waals surface area contributed by atoms with Crippen molar-refractivity contribution in [3.63, 3.8) is 0 Å². The quantitative estimate of drug-likeness (QED) is 0.810.